The quantitative estimate of drug-likeness (QED) is 0.706. The summed E-state index contributed by atoms with van der Waals surface area (Å²) >= 11 is 0. The lowest BCUT2D eigenvalue weighted by Crippen LogP contribution is -2.32. The highest BCUT2D eigenvalue weighted by Gasteiger charge is 2.30. The number of hydrogen-bond acceptors (Lipinski definition) is 4. The Morgan fingerprint density at radius 2 is 1.95 bits per heavy atom. The van der Waals surface area contributed by atoms with Crippen LogP contribution in [0.4, 0.5) is 0 Å². The van der Waals surface area contributed by atoms with Gasteiger partial charge in [-0.15, -0.1) is 0 Å². The first-order valence-corrected chi connectivity index (χ1v) is 8.95. The van der Waals surface area contributed by atoms with Crippen LogP contribution < -0.4 is 10.5 Å². The minimum absolute atomic E-state index is 0.330. The molecule has 0 saturated heterocycles. The van der Waals surface area contributed by atoms with E-state index < -0.39 is 10.0 Å². The first kappa shape index (κ1) is 16.3. The van der Waals surface area contributed by atoms with E-state index in [9.17, 15) is 8.42 Å². The van der Waals surface area contributed by atoms with Crippen LogP contribution in [0.3, 0.4) is 0 Å². The SMILES string of the molecule is CCN(CC1CC1)S(=O)(=O)c1ccc(OCCCN)cc1. The van der Waals surface area contributed by atoms with Crippen LogP contribution in [0.25, 0.3) is 0 Å². The van der Waals surface area contributed by atoms with Gasteiger partial charge in [0.1, 0.15) is 5.75 Å². The van der Waals surface area contributed by atoms with Crippen molar-refractivity contribution < 1.29 is 13.2 Å². The topological polar surface area (TPSA) is 72.6 Å². The van der Waals surface area contributed by atoms with Crippen LogP contribution in [0.15, 0.2) is 29.2 Å². The zero-order valence-electron chi connectivity index (χ0n) is 12.5. The molecule has 1 aromatic carbocycles. The normalized spacial score (nSPS) is 15.4. The van der Waals surface area contributed by atoms with Gasteiger partial charge in [0.15, 0.2) is 0 Å². The van der Waals surface area contributed by atoms with E-state index in [1.54, 1.807) is 28.6 Å². The summed E-state index contributed by atoms with van der Waals surface area (Å²) in [5.41, 5.74) is 5.40. The number of ether oxygens (including phenoxy) is 1. The standard InChI is InChI=1S/C15H24N2O3S/c1-2-17(12-13-4-5-13)21(18,19)15-8-6-14(7-9-15)20-11-3-10-16/h6-9,13H,2-5,10-12,16H2,1H3. The van der Waals surface area contributed by atoms with Crippen LogP contribution in [-0.4, -0.2) is 39.0 Å². The van der Waals surface area contributed by atoms with Gasteiger partial charge >= 0.3 is 0 Å². The Bertz CT molecular complexity index is 539. The molecule has 0 aromatic heterocycles. The van der Waals surface area contributed by atoms with E-state index in [0.717, 1.165) is 19.3 Å². The molecule has 0 radical (unpaired) electrons. The molecule has 5 nitrogen and oxygen atoms in total. The predicted octanol–water partition coefficient (Wildman–Crippen LogP) is 1.83. The average molecular weight is 312 g/mol. The predicted molar refractivity (Wildman–Crippen MR) is 82.8 cm³/mol. The van der Waals surface area contributed by atoms with Crippen molar-refractivity contribution in [1.29, 1.82) is 0 Å². The summed E-state index contributed by atoms with van der Waals surface area (Å²) in [5.74, 6) is 1.21. The van der Waals surface area contributed by atoms with Crippen molar-refractivity contribution >= 4 is 10.0 Å². The van der Waals surface area contributed by atoms with Crippen LogP contribution in [-0.2, 0) is 10.0 Å². The van der Waals surface area contributed by atoms with Gasteiger partial charge in [0.2, 0.25) is 10.0 Å². The molecule has 1 aromatic rings. The summed E-state index contributed by atoms with van der Waals surface area (Å²) in [4.78, 5) is 0.330. The van der Waals surface area contributed by atoms with Crippen LogP contribution >= 0.6 is 0 Å². The third-order valence-corrected chi connectivity index (χ3v) is 5.55. The number of nitrogens with zero attached hydrogens (tertiary/aromatic N) is 1. The van der Waals surface area contributed by atoms with Crippen molar-refractivity contribution in [3.05, 3.63) is 24.3 Å². The van der Waals surface area contributed by atoms with Crippen molar-refractivity contribution in [2.45, 2.75) is 31.1 Å². The fourth-order valence-corrected chi connectivity index (χ4v) is 3.64. The molecule has 0 aliphatic heterocycles. The van der Waals surface area contributed by atoms with Gasteiger partial charge in [-0.05, 0) is 56.0 Å². The van der Waals surface area contributed by atoms with E-state index in [1.807, 2.05) is 6.92 Å². The van der Waals surface area contributed by atoms with Crippen LogP contribution in [0.5, 0.6) is 5.75 Å². The fraction of sp³-hybridized carbons (Fsp3) is 0.600. The Morgan fingerprint density at radius 3 is 2.48 bits per heavy atom. The summed E-state index contributed by atoms with van der Waals surface area (Å²) in [7, 11) is -3.39. The smallest absolute Gasteiger partial charge is 0.243 e. The van der Waals surface area contributed by atoms with Gasteiger partial charge in [-0.1, -0.05) is 6.92 Å². The maximum absolute atomic E-state index is 12.6. The van der Waals surface area contributed by atoms with E-state index in [-0.39, 0.29) is 0 Å². The molecule has 0 heterocycles. The molecule has 1 aliphatic carbocycles. The highest BCUT2D eigenvalue weighted by molar-refractivity contribution is 7.89. The number of benzene rings is 1. The first-order valence-electron chi connectivity index (χ1n) is 7.51. The molecule has 0 amide bonds. The Morgan fingerprint density at radius 1 is 1.29 bits per heavy atom. The lowest BCUT2D eigenvalue weighted by molar-refractivity contribution is 0.313. The summed E-state index contributed by atoms with van der Waals surface area (Å²) in [6, 6.07) is 6.63. The second-order valence-corrected chi connectivity index (χ2v) is 7.30. The lowest BCUT2D eigenvalue weighted by atomic mass is 10.3. The zero-order valence-corrected chi connectivity index (χ0v) is 13.3. The van der Waals surface area contributed by atoms with Gasteiger partial charge in [-0.25, -0.2) is 8.42 Å². The molecule has 0 atom stereocenters. The molecule has 1 fully saturated rings. The van der Waals surface area contributed by atoms with Gasteiger partial charge in [-0.3, -0.25) is 0 Å². The van der Waals surface area contributed by atoms with Gasteiger partial charge < -0.3 is 10.5 Å². The Labute approximate surface area is 127 Å². The maximum Gasteiger partial charge on any atom is 0.243 e. The molecular weight excluding hydrogens is 288 g/mol. The third kappa shape index (κ3) is 4.43. The number of sulfonamides is 1. The number of hydrogen-bond donors (Lipinski definition) is 1. The molecule has 0 unspecified atom stereocenters. The fourth-order valence-electron chi connectivity index (χ4n) is 2.12. The van der Waals surface area contributed by atoms with Crippen molar-refractivity contribution in [2.24, 2.45) is 11.7 Å². The molecule has 118 valence electrons. The molecule has 21 heavy (non-hydrogen) atoms. The molecule has 1 aliphatic rings. The Balaban J connectivity index is 2.04. The Hall–Kier alpha value is -1.11. The van der Waals surface area contributed by atoms with E-state index in [0.29, 0.717) is 42.8 Å². The van der Waals surface area contributed by atoms with Crippen LogP contribution in [0, 0.1) is 5.92 Å². The minimum Gasteiger partial charge on any atom is -0.494 e. The summed E-state index contributed by atoms with van der Waals surface area (Å²) in [5, 5.41) is 0. The highest BCUT2D eigenvalue weighted by atomic mass is 32.2. The van der Waals surface area contributed by atoms with E-state index in [1.165, 1.54) is 0 Å². The second-order valence-electron chi connectivity index (χ2n) is 5.36. The summed E-state index contributed by atoms with van der Waals surface area (Å²) < 4.78 is 32.2. The average Bonchev–Trinajstić information content (AvgIpc) is 3.29. The van der Waals surface area contributed by atoms with Crippen molar-refractivity contribution in [2.75, 3.05) is 26.2 Å². The molecule has 2 rings (SSSR count). The second kappa shape index (κ2) is 7.24. The number of rotatable bonds is 9. The summed E-state index contributed by atoms with van der Waals surface area (Å²) in [6.45, 7) is 4.15. The zero-order chi connectivity index (χ0) is 15.3. The van der Waals surface area contributed by atoms with Gasteiger partial charge in [0, 0.05) is 13.1 Å². The molecule has 1 saturated carbocycles. The molecule has 0 bridgehead atoms. The highest BCUT2D eigenvalue weighted by Crippen LogP contribution is 2.31. The van der Waals surface area contributed by atoms with Gasteiger partial charge in [0.25, 0.3) is 0 Å². The van der Waals surface area contributed by atoms with Crippen molar-refractivity contribution in [1.82, 2.24) is 4.31 Å². The van der Waals surface area contributed by atoms with E-state index in [2.05, 4.69) is 0 Å². The van der Waals surface area contributed by atoms with E-state index in [4.69, 9.17) is 10.5 Å². The summed E-state index contributed by atoms with van der Waals surface area (Å²) in [6.07, 6.45) is 3.06. The maximum atomic E-state index is 12.6. The van der Waals surface area contributed by atoms with E-state index >= 15 is 0 Å². The van der Waals surface area contributed by atoms with Crippen LogP contribution in [0.1, 0.15) is 26.2 Å². The van der Waals surface area contributed by atoms with Gasteiger partial charge in [0.05, 0.1) is 11.5 Å². The first-order chi connectivity index (χ1) is 10.1. The molecule has 2 N–H and O–H groups in total. The molecular formula is C15H24N2O3S. The minimum atomic E-state index is -3.39. The number of nitrogens with two attached hydrogens (primary N) is 1. The van der Waals surface area contributed by atoms with Gasteiger partial charge in [-0.2, -0.15) is 4.31 Å². The largest absolute Gasteiger partial charge is 0.494 e. The molecule has 0 spiro atoms. The lowest BCUT2D eigenvalue weighted by Gasteiger charge is -2.20. The van der Waals surface area contributed by atoms with Crippen molar-refractivity contribution in [3.8, 4) is 5.75 Å². The monoisotopic (exact) mass is 312 g/mol. The van der Waals surface area contributed by atoms with Crippen molar-refractivity contribution in [3.63, 3.8) is 0 Å². The van der Waals surface area contributed by atoms with Crippen LogP contribution in [0.2, 0.25) is 0 Å². The Kier molecular flexibility index (Phi) is 5.61. The third-order valence-electron chi connectivity index (χ3n) is 3.59. The molecule has 6 heteroatoms.